The fourth-order valence-corrected chi connectivity index (χ4v) is 3.18. The number of nitrogens with one attached hydrogen (secondary N) is 2. The van der Waals surface area contributed by atoms with Crippen molar-refractivity contribution >= 4 is 29.0 Å². The zero-order chi connectivity index (χ0) is 22.1. The predicted molar refractivity (Wildman–Crippen MR) is 106 cm³/mol. The van der Waals surface area contributed by atoms with Gasteiger partial charge < -0.3 is 10.6 Å². The molecule has 3 rings (SSSR count). The van der Waals surface area contributed by atoms with E-state index >= 15 is 0 Å². The number of hydrogen-bond donors (Lipinski definition) is 2. The summed E-state index contributed by atoms with van der Waals surface area (Å²) in [5.74, 6) is -0.463. The van der Waals surface area contributed by atoms with Crippen molar-refractivity contribution < 1.29 is 22.4 Å². The van der Waals surface area contributed by atoms with Crippen molar-refractivity contribution in [2.24, 2.45) is 0 Å². The highest BCUT2D eigenvalue weighted by Gasteiger charge is 2.33. The molecule has 0 bridgehead atoms. The van der Waals surface area contributed by atoms with Gasteiger partial charge in [0.1, 0.15) is 5.82 Å². The molecule has 0 fully saturated rings. The number of hydrogen-bond acceptors (Lipinski definition) is 2. The van der Waals surface area contributed by atoms with Crippen LogP contribution in [0.5, 0.6) is 0 Å². The molecule has 0 spiro atoms. The summed E-state index contributed by atoms with van der Waals surface area (Å²) in [4.78, 5) is 12.3. The molecule has 0 aliphatic heterocycles. The second kappa shape index (κ2) is 8.35. The third kappa shape index (κ3) is 4.73. The van der Waals surface area contributed by atoms with Crippen LogP contribution in [-0.4, -0.2) is 15.8 Å². The molecule has 10 heteroatoms. The summed E-state index contributed by atoms with van der Waals surface area (Å²) in [6.07, 6.45) is -4.60. The molecule has 0 radical (unpaired) electrons. The van der Waals surface area contributed by atoms with E-state index in [1.165, 1.54) is 36.4 Å². The van der Waals surface area contributed by atoms with Crippen LogP contribution in [0.25, 0.3) is 0 Å². The van der Waals surface area contributed by atoms with E-state index in [0.717, 1.165) is 6.07 Å². The van der Waals surface area contributed by atoms with Crippen LogP contribution in [0.2, 0.25) is 5.02 Å². The van der Waals surface area contributed by atoms with Gasteiger partial charge in [-0.2, -0.15) is 18.3 Å². The number of halogens is 5. The number of carbonyl (C=O) groups excluding carboxylic acids is 1. The van der Waals surface area contributed by atoms with E-state index < -0.39 is 23.6 Å². The second-order valence-electron chi connectivity index (χ2n) is 6.56. The van der Waals surface area contributed by atoms with Crippen molar-refractivity contribution in [1.82, 2.24) is 9.78 Å². The fraction of sp³-hybridized carbons (Fsp3) is 0.200. The van der Waals surface area contributed by atoms with Gasteiger partial charge in [0.25, 0.3) is 0 Å². The van der Waals surface area contributed by atoms with E-state index in [0.29, 0.717) is 22.6 Å². The summed E-state index contributed by atoms with van der Waals surface area (Å²) in [5, 5.41) is 9.33. The molecule has 0 aliphatic rings. The number of carbonyl (C=O) groups is 1. The average Bonchev–Trinajstić information content (AvgIpc) is 2.91. The summed E-state index contributed by atoms with van der Waals surface area (Å²) >= 11 is 6.05. The summed E-state index contributed by atoms with van der Waals surface area (Å²) in [5.41, 5.74) is 0.699. The lowest BCUT2D eigenvalue weighted by Crippen LogP contribution is -2.22. The number of benzene rings is 2. The van der Waals surface area contributed by atoms with Gasteiger partial charge in [-0.25, -0.2) is 9.18 Å². The number of urea groups is 1. The first kappa shape index (κ1) is 21.6. The SMILES string of the molecule is Cc1nn(Cc2ccc(F)cc2Cl)c(C)c1NC(=O)Nc1ccccc1C(F)(F)F. The van der Waals surface area contributed by atoms with Crippen LogP contribution >= 0.6 is 11.6 Å². The Bertz CT molecular complexity index is 1090. The van der Waals surface area contributed by atoms with Gasteiger partial charge in [0, 0.05) is 5.02 Å². The van der Waals surface area contributed by atoms with Crippen LogP contribution in [0.1, 0.15) is 22.5 Å². The Hall–Kier alpha value is -3.07. The molecule has 0 atom stereocenters. The zero-order valence-electron chi connectivity index (χ0n) is 15.9. The fourth-order valence-electron chi connectivity index (χ4n) is 2.95. The van der Waals surface area contributed by atoms with E-state index in [2.05, 4.69) is 15.7 Å². The molecule has 2 aromatic carbocycles. The highest BCUT2D eigenvalue weighted by atomic mass is 35.5. The molecule has 2 N–H and O–H groups in total. The number of anilines is 2. The van der Waals surface area contributed by atoms with Crippen LogP contribution in [0, 0.1) is 19.7 Å². The van der Waals surface area contributed by atoms with Crippen molar-refractivity contribution in [3.63, 3.8) is 0 Å². The molecule has 2 amide bonds. The summed E-state index contributed by atoms with van der Waals surface area (Å²) < 4.78 is 54.1. The van der Waals surface area contributed by atoms with E-state index in [9.17, 15) is 22.4 Å². The largest absolute Gasteiger partial charge is 0.418 e. The molecule has 5 nitrogen and oxygen atoms in total. The Balaban J connectivity index is 1.79. The van der Waals surface area contributed by atoms with E-state index in [4.69, 9.17) is 11.6 Å². The average molecular weight is 441 g/mol. The maximum Gasteiger partial charge on any atom is 0.418 e. The van der Waals surface area contributed by atoms with Gasteiger partial charge in [-0.15, -0.1) is 0 Å². The van der Waals surface area contributed by atoms with Crippen molar-refractivity contribution in [2.45, 2.75) is 26.6 Å². The van der Waals surface area contributed by atoms with Crippen LogP contribution < -0.4 is 10.6 Å². The van der Waals surface area contributed by atoms with Crippen molar-refractivity contribution in [2.75, 3.05) is 10.6 Å². The topological polar surface area (TPSA) is 59.0 Å². The smallest absolute Gasteiger partial charge is 0.307 e. The molecule has 3 aromatic rings. The van der Waals surface area contributed by atoms with Crippen molar-refractivity contribution in [3.05, 3.63) is 75.8 Å². The van der Waals surface area contributed by atoms with E-state index in [1.807, 2.05) is 0 Å². The Morgan fingerprint density at radius 2 is 1.83 bits per heavy atom. The maximum absolute atomic E-state index is 13.2. The van der Waals surface area contributed by atoms with Crippen molar-refractivity contribution in [1.29, 1.82) is 0 Å². The van der Waals surface area contributed by atoms with Gasteiger partial charge in [-0.1, -0.05) is 29.8 Å². The van der Waals surface area contributed by atoms with Gasteiger partial charge in [0.15, 0.2) is 0 Å². The lowest BCUT2D eigenvalue weighted by molar-refractivity contribution is -0.136. The maximum atomic E-state index is 13.2. The third-order valence-corrected chi connectivity index (χ3v) is 4.79. The predicted octanol–water partition coefficient (Wildman–Crippen LogP) is 6.00. The molecule has 0 saturated carbocycles. The number of aryl methyl sites for hydroxylation is 1. The molecule has 0 aliphatic carbocycles. The normalized spacial score (nSPS) is 11.4. The number of amides is 2. The Morgan fingerprint density at radius 1 is 1.13 bits per heavy atom. The summed E-state index contributed by atoms with van der Waals surface area (Å²) in [6.45, 7) is 3.57. The van der Waals surface area contributed by atoms with Crippen LogP contribution in [-0.2, 0) is 12.7 Å². The van der Waals surface area contributed by atoms with Gasteiger partial charge >= 0.3 is 12.2 Å². The third-order valence-electron chi connectivity index (χ3n) is 4.44. The highest BCUT2D eigenvalue weighted by Crippen LogP contribution is 2.34. The molecule has 30 heavy (non-hydrogen) atoms. The Kier molecular flexibility index (Phi) is 6.02. The monoisotopic (exact) mass is 440 g/mol. The molecule has 1 aromatic heterocycles. The molecule has 1 heterocycles. The van der Waals surface area contributed by atoms with Gasteiger partial charge in [0.2, 0.25) is 0 Å². The Morgan fingerprint density at radius 3 is 2.50 bits per heavy atom. The highest BCUT2D eigenvalue weighted by molar-refractivity contribution is 6.31. The van der Waals surface area contributed by atoms with Gasteiger partial charge in [-0.05, 0) is 43.7 Å². The van der Waals surface area contributed by atoms with Gasteiger partial charge in [-0.3, -0.25) is 4.68 Å². The number of aromatic nitrogens is 2. The van der Waals surface area contributed by atoms with E-state index in [1.54, 1.807) is 18.5 Å². The Labute approximate surface area is 174 Å². The number of alkyl halides is 3. The number of nitrogens with zero attached hydrogens (tertiary/aromatic N) is 2. The van der Waals surface area contributed by atoms with E-state index in [-0.39, 0.29) is 17.3 Å². The minimum atomic E-state index is -4.60. The lowest BCUT2D eigenvalue weighted by Gasteiger charge is -2.14. The molecule has 0 unspecified atom stereocenters. The van der Waals surface area contributed by atoms with Gasteiger partial charge in [0.05, 0.1) is 34.9 Å². The lowest BCUT2D eigenvalue weighted by atomic mass is 10.1. The van der Waals surface area contributed by atoms with Crippen LogP contribution in [0.3, 0.4) is 0 Å². The zero-order valence-corrected chi connectivity index (χ0v) is 16.7. The molecular formula is C20H17ClF4N4O. The quantitative estimate of drug-likeness (QED) is 0.488. The second-order valence-corrected chi connectivity index (χ2v) is 6.97. The number of para-hydroxylation sites is 1. The minimum absolute atomic E-state index is 0.228. The van der Waals surface area contributed by atoms with Crippen molar-refractivity contribution in [3.8, 4) is 0 Å². The van der Waals surface area contributed by atoms with Crippen LogP contribution in [0.4, 0.5) is 33.7 Å². The summed E-state index contributed by atoms with van der Waals surface area (Å²) in [7, 11) is 0. The molecular weight excluding hydrogens is 424 g/mol. The first-order chi connectivity index (χ1) is 14.1. The standard InChI is InChI=1S/C20H17ClF4N4O/c1-11-18(12(2)29(28-11)10-13-7-8-14(22)9-16(13)21)27-19(30)26-17-6-4-3-5-15(17)20(23,24)25/h3-9H,10H2,1-2H3,(H2,26,27,30). The van der Waals surface area contributed by atoms with Crippen LogP contribution in [0.15, 0.2) is 42.5 Å². The number of rotatable bonds is 4. The minimum Gasteiger partial charge on any atom is -0.307 e. The first-order valence-corrected chi connectivity index (χ1v) is 9.16. The first-order valence-electron chi connectivity index (χ1n) is 8.78. The summed E-state index contributed by atoms with van der Waals surface area (Å²) in [6, 6.07) is 7.85. The molecule has 0 saturated heterocycles. The molecule has 158 valence electrons.